The molecule has 1 aromatic carbocycles. The van der Waals surface area contributed by atoms with Crippen LogP contribution in [0.4, 0.5) is 0 Å². The van der Waals surface area contributed by atoms with Gasteiger partial charge in [0.2, 0.25) is 5.56 Å². The maximum Gasteiger partial charge on any atom is 0.248 e. The molecule has 4 heteroatoms. The van der Waals surface area contributed by atoms with Crippen molar-refractivity contribution in [3.8, 4) is 0 Å². The van der Waals surface area contributed by atoms with Crippen LogP contribution in [-0.2, 0) is 6.54 Å². The second-order valence-electron chi connectivity index (χ2n) is 5.67. The van der Waals surface area contributed by atoms with Gasteiger partial charge in [-0.15, -0.1) is 0 Å². The first-order chi connectivity index (χ1) is 9.72. The summed E-state index contributed by atoms with van der Waals surface area (Å²) in [5.74, 6) is 0. The number of aromatic amines is 1. The van der Waals surface area contributed by atoms with E-state index in [2.05, 4.69) is 28.3 Å². The number of para-hydroxylation sites is 1. The Balaban J connectivity index is 1.70. The third-order valence-electron chi connectivity index (χ3n) is 3.78. The molecule has 3 rings (SSSR count). The van der Waals surface area contributed by atoms with Crippen molar-refractivity contribution in [3.63, 3.8) is 0 Å². The second-order valence-corrected chi connectivity index (χ2v) is 5.67. The van der Waals surface area contributed by atoms with E-state index in [1.54, 1.807) is 6.07 Å². The highest BCUT2D eigenvalue weighted by molar-refractivity contribution is 5.81. The standard InChI is InChI=1S/C16H21N3O/c1-19(9-8-17-13-6-7-13)11-12-10-16(20)18-15-5-3-2-4-14(12)15/h2-5,10,13,17H,6-9,11H2,1H3,(H,18,20). The van der Waals surface area contributed by atoms with Gasteiger partial charge in [-0.2, -0.15) is 0 Å². The number of rotatable bonds is 6. The highest BCUT2D eigenvalue weighted by atomic mass is 16.1. The molecule has 0 unspecified atom stereocenters. The largest absolute Gasteiger partial charge is 0.322 e. The van der Waals surface area contributed by atoms with E-state index in [1.807, 2.05) is 18.2 Å². The molecule has 0 radical (unpaired) electrons. The fourth-order valence-corrected chi connectivity index (χ4v) is 2.52. The number of hydrogen-bond donors (Lipinski definition) is 2. The van der Waals surface area contributed by atoms with Gasteiger partial charge in [-0.25, -0.2) is 0 Å². The third-order valence-corrected chi connectivity index (χ3v) is 3.78. The average molecular weight is 271 g/mol. The normalized spacial score (nSPS) is 15.1. The minimum absolute atomic E-state index is 0.0248. The lowest BCUT2D eigenvalue weighted by Crippen LogP contribution is -2.30. The number of nitrogens with one attached hydrogen (secondary N) is 2. The van der Waals surface area contributed by atoms with Gasteiger partial charge in [-0.05, 0) is 31.5 Å². The number of pyridine rings is 1. The van der Waals surface area contributed by atoms with Gasteiger partial charge >= 0.3 is 0 Å². The maximum absolute atomic E-state index is 11.7. The molecule has 1 heterocycles. The van der Waals surface area contributed by atoms with Crippen molar-refractivity contribution in [3.05, 3.63) is 46.2 Å². The summed E-state index contributed by atoms with van der Waals surface area (Å²) < 4.78 is 0. The van der Waals surface area contributed by atoms with Crippen molar-refractivity contribution in [2.45, 2.75) is 25.4 Å². The highest BCUT2D eigenvalue weighted by Gasteiger charge is 2.19. The van der Waals surface area contributed by atoms with Crippen molar-refractivity contribution in [1.82, 2.24) is 15.2 Å². The monoisotopic (exact) mass is 271 g/mol. The van der Waals surface area contributed by atoms with E-state index < -0.39 is 0 Å². The number of aromatic nitrogens is 1. The van der Waals surface area contributed by atoms with E-state index in [-0.39, 0.29) is 5.56 Å². The van der Waals surface area contributed by atoms with Gasteiger partial charge in [0.05, 0.1) is 0 Å². The number of fused-ring (bicyclic) bond motifs is 1. The molecule has 0 bridgehead atoms. The minimum Gasteiger partial charge on any atom is -0.322 e. The molecule has 0 spiro atoms. The molecule has 1 aliphatic carbocycles. The molecule has 0 saturated heterocycles. The van der Waals surface area contributed by atoms with Crippen molar-refractivity contribution in [1.29, 1.82) is 0 Å². The number of likely N-dealkylation sites (N-methyl/N-ethyl adjacent to an activating group) is 1. The van der Waals surface area contributed by atoms with E-state index in [0.29, 0.717) is 0 Å². The number of nitrogens with zero attached hydrogens (tertiary/aromatic N) is 1. The summed E-state index contributed by atoms with van der Waals surface area (Å²) in [6.45, 7) is 2.82. The summed E-state index contributed by atoms with van der Waals surface area (Å²) in [6.07, 6.45) is 2.64. The average Bonchev–Trinajstić information content (AvgIpc) is 3.22. The smallest absolute Gasteiger partial charge is 0.248 e. The van der Waals surface area contributed by atoms with Gasteiger partial charge in [0.25, 0.3) is 0 Å². The first-order valence-electron chi connectivity index (χ1n) is 7.25. The van der Waals surface area contributed by atoms with Crippen LogP contribution in [0.25, 0.3) is 10.9 Å². The quantitative estimate of drug-likeness (QED) is 0.841. The van der Waals surface area contributed by atoms with Gasteiger partial charge in [0.15, 0.2) is 0 Å². The van der Waals surface area contributed by atoms with Crippen LogP contribution < -0.4 is 10.9 Å². The predicted molar refractivity (Wildman–Crippen MR) is 81.9 cm³/mol. The van der Waals surface area contributed by atoms with Crippen molar-refractivity contribution >= 4 is 10.9 Å². The number of H-pyrrole nitrogens is 1. The van der Waals surface area contributed by atoms with Crippen LogP contribution >= 0.6 is 0 Å². The summed E-state index contributed by atoms with van der Waals surface area (Å²) in [5, 5.41) is 4.65. The Morgan fingerprint density at radius 2 is 2.15 bits per heavy atom. The third kappa shape index (κ3) is 3.26. The zero-order valence-electron chi connectivity index (χ0n) is 11.9. The molecule has 2 N–H and O–H groups in total. The Morgan fingerprint density at radius 1 is 1.35 bits per heavy atom. The first kappa shape index (κ1) is 13.3. The lowest BCUT2D eigenvalue weighted by molar-refractivity contribution is 0.325. The SMILES string of the molecule is CN(CCNC1CC1)Cc1cc(=O)[nH]c2ccccc12. The summed E-state index contributed by atoms with van der Waals surface area (Å²) >= 11 is 0. The topological polar surface area (TPSA) is 48.1 Å². The Bertz CT molecular complexity index is 645. The lowest BCUT2D eigenvalue weighted by atomic mass is 10.1. The highest BCUT2D eigenvalue weighted by Crippen LogP contribution is 2.18. The molecule has 1 saturated carbocycles. The minimum atomic E-state index is -0.0248. The van der Waals surface area contributed by atoms with Crippen LogP contribution in [0.15, 0.2) is 35.1 Å². The first-order valence-corrected chi connectivity index (χ1v) is 7.25. The Morgan fingerprint density at radius 3 is 2.95 bits per heavy atom. The van der Waals surface area contributed by atoms with Crippen LogP contribution in [-0.4, -0.2) is 36.1 Å². The molecule has 1 aliphatic rings. The number of hydrogen-bond acceptors (Lipinski definition) is 3. The predicted octanol–water partition coefficient (Wildman–Crippen LogP) is 1.71. The van der Waals surface area contributed by atoms with Crippen LogP contribution in [0.2, 0.25) is 0 Å². The van der Waals surface area contributed by atoms with Gasteiger partial charge < -0.3 is 15.2 Å². The van der Waals surface area contributed by atoms with Crippen molar-refractivity contribution in [2.24, 2.45) is 0 Å². The fourth-order valence-electron chi connectivity index (χ4n) is 2.52. The molecule has 1 fully saturated rings. The Labute approximate surface area is 118 Å². The molecule has 20 heavy (non-hydrogen) atoms. The van der Waals surface area contributed by atoms with Gasteiger partial charge in [-0.1, -0.05) is 18.2 Å². The van der Waals surface area contributed by atoms with Gasteiger partial charge in [0, 0.05) is 42.6 Å². The molecule has 0 atom stereocenters. The summed E-state index contributed by atoms with van der Waals surface area (Å²) in [6, 6.07) is 10.5. The van der Waals surface area contributed by atoms with Crippen LogP contribution in [0, 0.1) is 0 Å². The maximum atomic E-state index is 11.7. The number of benzene rings is 1. The summed E-state index contributed by atoms with van der Waals surface area (Å²) in [7, 11) is 2.10. The molecule has 106 valence electrons. The Hall–Kier alpha value is -1.65. The second kappa shape index (κ2) is 5.77. The van der Waals surface area contributed by atoms with Crippen LogP contribution in [0.5, 0.6) is 0 Å². The Kier molecular flexibility index (Phi) is 3.85. The molecular formula is C16H21N3O. The summed E-state index contributed by atoms with van der Waals surface area (Å²) in [4.78, 5) is 16.9. The van der Waals surface area contributed by atoms with E-state index >= 15 is 0 Å². The fraction of sp³-hybridized carbons (Fsp3) is 0.438. The summed E-state index contributed by atoms with van der Waals surface area (Å²) in [5.41, 5.74) is 1.99. The lowest BCUT2D eigenvalue weighted by Gasteiger charge is -2.18. The molecule has 1 aromatic heterocycles. The molecular weight excluding hydrogens is 250 g/mol. The van der Waals surface area contributed by atoms with Gasteiger partial charge in [0.1, 0.15) is 0 Å². The van der Waals surface area contributed by atoms with Crippen LogP contribution in [0.1, 0.15) is 18.4 Å². The van der Waals surface area contributed by atoms with E-state index in [4.69, 9.17) is 0 Å². The van der Waals surface area contributed by atoms with Crippen LogP contribution in [0.3, 0.4) is 0 Å². The van der Waals surface area contributed by atoms with E-state index in [0.717, 1.165) is 42.1 Å². The van der Waals surface area contributed by atoms with E-state index in [1.165, 1.54) is 12.8 Å². The zero-order chi connectivity index (χ0) is 13.9. The van der Waals surface area contributed by atoms with Gasteiger partial charge in [-0.3, -0.25) is 4.79 Å². The molecule has 4 nitrogen and oxygen atoms in total. The zero-order valence-corrected chi connectivity index (χ0v) is 11.9. The van der Waals surface area contributed by atoms with Crippen molar-refractivity contribution in [2.75, 3.05) is 20.1 Å². The molecule has 2 aromatic rings. The molecule has 0 amide bonds. The van der Waals surface area contributed by atoms with E-state index in [9.17, 15) is 4.79 Å². The van der Waals surface area contributed by atoms with Crippen molar-refractivity contribution < 1.29 is 0 Å². The molecule has 0 aliphatic heterocycles.